The van der Waals surface area contributed by atoms with E-state index < -0.39 is 0 Å². The van der Waals surface area contributed by atoms with Crippen LogP contribution in [-0.4, -0.2) is 6.21 Å². The highest BCUT2D eigenvalue weighted by Gasteiger charge is 2.13. The normalized spacial score (nSPS) is 11.1. The lowest BCUT2D eigenvalue weighted by molar-refractivity contribution is 0.540. The number of furan rings is 2. The van der Waals surface area contributed by atoms with Crippen molar-refractivity contribution in [3.05, 3.63) is 63.0 Å². The Morgan fingerprint density at radius 3 is 2.58 bits per heavy atom. The summed E-state index contributed by atoms with van der Waals surface area (Å²) in [5, 5.41) is 10.1. The largest absolute Gasteiger partial charge is 0.455 e. The van der Waals surface area contributed by atoms with E-state index in [9.17, 15) is 5.26 Å². The number of rotatable bonds is 3. The fraction of sp³-hybridized carbons (Fsp3) is 0.111. The van der Waals surface area contributed by atoms with E-state index in [1.807, 2.05) is 19.1 Å². The molecule has 3 aromatic rings. The first-order chi connectivity index (χ1) is 11.5. The lowest BCUT2D eigenvalue weighted by atomic mass is 10.2. The fourth-order valence-electron chi connectivity index (χ4n) is 2.18. The Hall–Kier alpha value is -2.48. The fourth-order valence-corrected chi connectivity index (χ4v) is 2.48. The third-order valence-electron chi connectivity index (χ3n) is 3.62. The summed E-state index contributed by atoms with van der Waals surface area (Å²) in [6.07, 6.45) is 1.51. The topological polar surface area (TPSA) is 62.4 Å². The second-order valence-corrected chi connectivity index (χ2v) is 5.98. The molecule has 0 saturated carbocycles. The number of nitrogens with zero attached hydrogens (tertiary/aromatic N) is 2. The van der Waals surface area contributed by atoms with Gasteiger partial charge >= 0.3 is 0 Å². The number of benzene rings is 1. The molecule has 2 aromatic heterocycles. The summed E-state index contributed by atoms with van der Waals surface area (Å²) in [7, 11) is 0. The Bertz CT molecular complexity index is 978. The minimum atomic E-state index is 0.278. The number of halogens is 2. The Balaban J connectivity index is 1.88. The molecular weight excluding hydrogens is 347 g/mol. The minimum Gasteiger partial charge on any atom is -0.455 e. The zero-order valence-corrected chi connectivity index (χ0v) is 14.4. The number of hydrogen-bond acceptors (Lipinski definition) is 4. The Morgan fingerprint density at radius 1 is 1.08 bits per heavy atom. The van der Waals surface area contributed by atoms with Crippen molar-refractivity contribution in [2.45, 2.75) is 13.8 Å². The van der Waals surface area contributed by atoms with Gasteiger partial charge in [0, 0.05) is 11.1 Å². The number of nitriles is 1. The minimum absolute atomic E-state index is 0.278. The lowest BCUT2D eigenvalue weighted by Crippen LogP contribution is -1.78. The smallest absolute Gasteiger partial charge is 0.237 e. The first kappa shape index (κ1) is 16.4. The molecule has 120 valence electrons. The van der Waals surface area contributed by atoms with Gasteiger partial charge in [0.2, 0.25) is 5.88 Å². The van der Waals surface area contributed by atoms with Crippen molar-refractivity contribution >= 4 is 35.3 Å². The van der Waals surface area contributed by atoms with Crippen LogP contribution < -0.4 is 0 Å². The summed E-state index contributed by atoms with van der Waals surface area (Å²) in [4.78, 5) is 4.21. The van der Waals surface area contributed by atoms with Crippen molar-refractivity contribution in [3.8, 4) is 17.4 Å². The van der Waals surface area contributed by atoms with Crippen molar-refractivity contribution in [1.29, 1.82) is 5.26 Å². The molecule has 1 aromatic carbocycles. The van der Waals surface area contributed by atoms with Crippen LogP contribution in [0.5, 0.6) is 0 Å². The first-order valence-corrected chi connectivity index (χ1v) is 7.84. The van der Waals surface area contributed by atoms with Crippen LogP contribution in [0.3, 0.4) is 0 Å². The van der Waals surface area contributed by atoms with Gasteiger partial charge in [-0.1, -0.05) is 23.2 Å². The van der Waals surface area contributed by atoms with E-state index in [1.165, 1.54) is 6.21 Å². The third kappa shape index (κ3) is 3.09. The maximum Gasteiger partial charge on any atom is 0.237 e. The molecule has 0 atom stereocenters. The maximum atomic E-state index is 9.18. The monoisotopic (exact) mass is 358 g/mol. The highest BCUT2D eigenvalue weighted by atomic mass is 35.5. The summed E-state index contributed by atoms with van der Waals surface area (Å²) in [5.74, 6) is 2.13. The Kier molecular flexibility index (Phi) is 4.48. The van der Waals surface area contributed by atoms with Gasteiger partial charge in [0.25, 0.3) is 0 Å². The zero-order chi connectivity index (χ0) is 17.3. The summed E-state index contributed by atoms with van der Waals surface area (Å²) < 4.78 is 11.2. The number of aliphatic imine (C=N–C) groups is 1. The van der Waals surface area contributed by atoms with Crippen LogP contribution in [0.25, 0.3) is 11.3 Å². The van der Waals surface area contributed by atoms with E-state index in [0.717, 1.165) is 11.1 Å². The van der Waals surface area contributed by atoms with Crippen LogP contribution in [0.4, 0.5) is 5.88 Å². The van der Waals surface area contributed by atoms with E-state index >= 15 is 0 Å². The van der Waals surface area contributed by atoms with Gasteiger partial charge < -0.3 is 8.83 Å². The number of aryl methyl sites for hydroxylation is 1. The molecule has 0 radical (unpaired) electrons. The highest BCUT2D eigenvalue weighted by molar-refractivity contribution is 6.42. The predicted octanol–water partition coefficient (Wildman–Crippen LogP) is 6.09. The average molecular weight is 359 g/mol. The van der Waals surface area contributed by atoms with Gasteiger partial charge in [-0.05, 0) is 44.2 Å². The van der Waals surface area contributed by atoms with E-state index in [-0.39, 0.29) is 5.88 Å². The van der Waals surface area contributed by atoms with Crippen molar-refractivity contribution in [2.24, 2.45) is 4.99 Å². The molecule has 0 aliphatic rings. The zero-order valence-electron chi connectivity index (χ0n) is 12.9. The van der Waals surface area contributed by atoms with Crippen LogP contribution in [0, 0.1) is 25.2 Å². The van der Waals surface area contributed by atoms with Gasteiger partial charge in [0.15, 0.2) is 0 Å². The van der Waals surface area contributed by atoms with Crippen LogP contribution in [0.15, 0.2) is 44.2 Å². The van der Waals surface area contributed by atoms with Crippen LogP contribution in [0.2, 0.25) is 10.0 Å². The molecule has 0 N–H and O–H groups in total. The summed E-state index contributed by atoms with van der Waals surface area (Å²) in [5.41, 5.74) is 2.03. The molecule has 6 heteroatoms. The van der Waals surface area contributed by atoms with Gasteiger partial charge in [-0.3, -0.25) is 0 Å². The van der Waals surface area contributed by atoms with Crippen molar-refractivity contribution in [3.63, 3.8) is 0 Å². The summed E-state index contributed by atoms with van der Waals surface area (Å²) >= 11 is 11.9. The Morgan fingerprint density at radius 2 is 1.88 bits per heavy atom. The first-order valence-electron chi connectivity index (χ1n) is 7.09. The molecule has 4 nitrogen and oxygen atoms in total. The Labute approximate surface area is 148 Å². The van der Waals surface area contributed by atoms with Crippen molar-refractivity contribution < 1.29 is 8.83 Å². The molecule has 2 heterocycles. The van der Waals surface area contributed by atoms with E-state index in [1.54, 1.807) is 25.1 Å². The lowest BCUT2D eigenvalue weighted by Gasteiger charge is -1.99. The van der Waals surface area contributed by atoms with Gasteiger partial charge in [0.1, 0.15) is 28.9 Å². The summed E-state index contributed by atoms with van der Waals surface area (Å²) in [6, 6.07) is 10.9. The summed E-state index contributed by atoms with van der Waals surface area (Å²) in [6.45, 7) is 3.62. The highest BCUT2D eigenvalue weighted by Crippen LogP contribution is 2.30. The second-order valence-electron chi connectivity index (χ2n) is 5.16. The molecule has 3 rings (SSSR count). The van der Waals surface area contributed by atoms with E-state index in [2.05, 4.69) is 11.1 Å². The molecule has 0 fully saturated rings. The molecule has 0 unspecified atom stereocenters. The van der Waals surface area contributed by atoms with Crippen LogP contribution in [-0.2, 0) is 0 Å². The van der Waals surface area contributed by atoms with Gasteiger partial charge in [-0.2, -0.15) is 5.26 Å². The molecule has 0 aliphatic carbocycles. The second kappa shape index (κ2) is 6.56. The van der Waals surface area contributed by atoms with Crippen molar-refractivity contribution in [1.82, 2.24) is 0 Å². The quantitative estimate of drug-likeness (QED) is 0.532. The van der Waals surface area contributed by atoms with E-state index in [0.29, 0.717) is 32.9 Å². The average Bonchev–Trinajstić information content (AvgIpc) is 3.13. The molecular formula is C18H12Cl2N2O2. The molecule has 24 heavy (non-hydrogen) atoms. The SMILES string of the molecule is Cc1oc(N=Cc2ccc(-c3ccc(Cl)c(Cl)c3)o2)c(C#N)c1C. The van der Waals surface area contributed by atoms with Gasteiger partial charge in [0.05, 0.1) is 16.3 Å². The standard InChI is InChI=1S/C18H12Cl2N2O2/c1-10-11(2)23-18(14(10)8-21)22-9-13-4-6-17(24-13)12-3-5-15(19)16(20)7-12/h3-7,9H,1-2H3. The molecule has 0 spiro atoms. The third-order valence-corrected chi connectivity index (χ3v) is 4.36. The van der Waals surface area contributed by atoms with Gasteiger partial charge in [-0.15, -0.1) is 0 Å². The van der Waals surface area contributed by atoms with E-state index in [4.69, 9.17) is 32.0 Å². The molecule has 0 aliphatic heterocycles. The van der Waals surface area contributed by atoms with Gasteiger partial charge in [-0.25, -0.2) is 4.99 Å². The molecule has 0 bridgehead atoms. The maximum absolute atomic E-state index is 9.18. The van der Waals surface area contributed by atoms with Crippen molar-refractivity contribution in [2.75, 3.05) is 0 Å². The van der Waals surface area contributed by atoms with Crippen LogP contribution in [0.1, 0.15) is 22.6 Å². The van der Waals surface area contributed by atoms with Crippen LogP contribution >= 0.6 is 23.2 Å². The number of hydrogen-bond donors (Lipinski definition) is 0. The molecule has 0 saturated heterocycles. The predicted molar refractivity (Wildman–Crippen MR) is 94.3 cm³/mol. The molecule has 0 amide bonds.